The summed E-state index contributed by atoms with van der Waals surface area (Å²) in [4.78, 5) is 34.4. The summed E-state index contributed by atoms with van der Waals surface area (Å²) in [5.41, 5.74) is 0. The molecule has 0 saturated heterocycles. The van der Waals surface area contributed by atoms with Crippen LogP contribution in [0, 0.1) is 5.92 Å². The van der Waals surface area contributed by atoms with Crippen LogP contribution in [0.2, 0.25) is 0 Å². The Labute approximate surface area is 124 Å². The van der Waals surface area contributed by atoms with E-state index >= 15 is 0 Å². The van der Waals surface area contributed by atoms with Crippen molar-refractivity contribution in [3.8, 4) is 0 Å². The molecule has 0 aliphatic heterocycles. The molecule has 7 heteroatoms. The summed E-state index contributed by atoms with van der Waals surface area (Å²) in [5.74, 6) is -1.67. The van der Waals surface area contributed by atoms with Gasteiger partial charge < -0.3 is 21.1 Å². The van der Waals surface area contributed by atoms with Crippen molar-refractivity contribution in [1.82, 2.24) is 16.0 Å². The smallest absolute Gasteiger partial charge is 0.315 e. The number of hydrogen-bond donors (Lipinski definition) is 4. The molecule has 2 unspecified atom stereocenters. The first kappa shape index (κ1) is 17.3. The number of urea groups is 1. The number of rotatable bonds is 6. The van der Waals surface area contributed by atoms with Crippen LogP contribution in [0.15, 0.2) is 0 Å². The van der Waals surface area contributed by atoms with Crippen molar-refractivity contribution in [2.75, 3.05) is 13.1 Å². The van der Waals surface area contributed by atoms with Crippen LogP contribution in [-0.4, -0.2) is 42.1 Å². The third-order valence-corrected chi connectivity index (χ3v) is 3.63. The van der Waals surface area contributed by atoms with Gasteiger partial charge in [-0.2, -0.15) is 0 Å². The van der Waals surface area contributed by atoms with E-state index in [0.717, 1.165) is 25.7 Å². The number of aliphatic carboxylic acids is 1. The van der Waals surface area contributed by atoms with E-state index in [-0.39, 0.29) is 18.5 Å². The zero-order chi connectivity index (χ0) is 15.7. The average molecular weight is 299 g/mol. The highest BCUT2D eigenvalue weighted by molar-refractivity contribution is 5.84. The lowest BCUT2D eigenvalue weighted by Crippen LogP contribution is -2.49. The summed E-state index contributed by atoms with van der Waals surface area (Å²) >= 11 is 0. The quantitative estimate of drug-likeness (QED) is 0.545. The third-order valence-electron chi connectivity index (χ3n) is 3.63. The largest absolute Gasteiger partial charge is 0.481 e. The minimum absolute atomic E-state index is 0.101. The number of carbonyl (C=O) groups is 3. The van der Waals surface area contributed by atoms with Crippen molar-refractivity contribution in [3.63, 3.8) is 0 Å². The monoisotopic (exact) mass is 299 g/mol. The van der Waals surface area contributed by atoms with Gasteiger partial charge in [0.05, 0.1) is 12.5 Å². The number of amides is 3. The summed E-state index contributed by atoms with van der Waals surface area (Å²) in [7, 11) is 0. The topological polar surface area (TPSA) is 108 Å². The average Bonchev–Trinajstić information content (AvgIpc) is 2.68. The van der Waals surface area contributed by atoms with Crippen LogP contribution in [0.4, 0.5) is 4.79 Å². The molecule has 1 aliphatic rings. The van der Waals surface area contributed by atoms with Gasteiger partial charge in [-0.1, -0.05) is 26.2 Å². The van der Waals surface area contributed by atoms with E-state index in [4.69, 9.17) is 0 Å². The molecule has 1 fully saturated rings. The van der Waals surface area contributed by atoms with Crippen LogP contribution >= 0.6 is 0 Å². The van der Waals surface area contributed by atoms with E-state index < -0.39 is 17.9 Å². The first-order valence-electron chi connectivity index (χ1n) is 7.58. The maximum atomic E-state index is 11.8. The number of carbonyl (C=O) groups excluding carboxylic acids is 2. The summed E-state index contributed by atoms with van der Waals surface area (Å²) in [5, 5.41) is 17.0. The highest BCUT2D eigenvalue weighted by Gasteiger charge is 2.30. The molecule has 1 saturated carbocycles. The standard InChI is InChI=1S/C14H25N3O4/c1-2-8-15-12(18)9-16-14(21)17-11-7-5-3-4-6-10(11)13(19)20/h10-11H,2-9H2,1H3,(H,15,18)(H,19,20)(H2,16,17,21). The van der Waals surface area contributed by atoms with Crippen LogP contribution in [0.25, 0.3) is 0 Å². The van der Waals surface area contributed by atoms with E-state index in [2.05, 4.69) is 16.0 Å². The molecule has 3 amide bonds. The highest BCUT2D eigenvalue weighted by atomic mass is 16.4. The van der Waals surface area contributed by atoms with Gasteiger partial charge in [-0.05, 0) is 19.3 Å². The second-order valence-corrected chi connectivity index (χ2v) is 5.37. The molecule has 1 rings (SSSR count). The normalized spacial score (nSPS) is 22.0. The Morgan fingerprint density at radius 3 is 2.48 bits per heavy atom. The molecular weight excluding hydrogens is 274 g/mol. The number of hydrogen-bond acceptors (Lipinski definition) is 3. The summed E-state index contributed by atoms with van der Waals surface area (Å²) in [6.45, 7) is 2.42. The van der Waals surface area contributed by atoms with Gasteiger partial charge in [-0.25, -0.2) is 4.79 Å². The van der Waals surface area contributed by atoms with Crippen LogP contribution in [0.5, 0.6) is 0 Å². The summed E-state index contributed by atoms with van der Waals surface area (Å²) in [6.07, 6.45) is 4.84. The van der Waals surface area contributed by atoms with Gasteiger partial charge in [0.1, 0.15) is 0 Å². The Morgan fingerprint density at radius 2 is 1.81 bits per heavy atom. The first-order chi connectivity index (χ1) is 10.0. The molecule has 2 atom stereocenters. The Kier molecular flexibility index (Phi) is 7.56. The van der Waals surface area contributed by atoms with Gasteiger partial charge >= 0.3 is 12.0 Å². The van der Waals surface area contributed by atoms with Crippen molar-refractivity contribution in [2.45, 2.75) is 51.5 Å². The molecule has 7 nitrogen and oxygen atoms in total. The molecule has 4 N–H and O–H groups in total. The predicted molar refractivity (Wildman–Crippen MR) is 77.8 cm³/mol. The van der Waals surface area contributed by atoms with Gasteiger partial charge in [0.2, 0.25) is 5.91 Å². The Hall–Kier alpha value is -1.79. The van der Waals surface area contributed by atoms with Crippen LogP contribution in [0.1, 0.15) is 45.4 Å². The molecule has 0 aromatic rings. The zero-order valence-corrected chi connectivity index (χ0v) is 12.5. The van der Waals surface area contributed by atoms with Gasteiger partial charge in [-0.3, -0.25) is 9.59 Å². The van der Waals surface area contributed by atoms with E-state index in [1.807, 2.05) is 6.92 Å². The minimum atomic E-state index is -0.872. The number of carboxylic acid groups (broad SMARTS) is 1. The van der Waals surface area contributed by atoms with Crippen molar-refractivity contribution in [3.05, 3.63) is 0 Å². The molecule has 21 heavy (non-hydrogen) atoms. The second kappa shape index (κ2) is 9.20. The van der Waals surface area contributed by atoms with Crippen molar-refractivity contribution < 1.29 is 19.5 Å². The molecule has 0 spiro atoms. The fourth-order valence-corrected chi connectivity index (χ4v) is 2.48. The lowest BCUT2D eigenvalue weighted by Gasteiger charge is -2.22. The zero-order valence-electron chi connectivity index (χ0n) is 12.5. The highest BCUT2D eigenvalue weighted by Crippen LogP contribution is 2.23. The van der Waals surface area contributed by atoms with Gasteiger partial charge in [0, 0.05) is 12.6 Å². The third kappa shape index (κ3) is 6.46. The fourth-order valence-electron chi connectivity index (χ4n) is 2.48. The van der Waals surface area contributed by atoms with E-state index in [1.165, 1.54) is 0 Å². The van der Waals surface area contributed by atoms with Gasteiger partial charge in [-0.15, -0.1) is 0 Å². The lowest BCUT2D eigenvalue weighted by molar-refractivity contribution is -0.142. The van der Waals surface area contributed by atoms with Gasteiger partial charge in [0.25, 0.3) is 0 Å². The van der Waals surface area contributed by atoms with E-state index in [0.29, 0.717) is 19.4 Å². The van der Waals surface area contributed by atoms with Gasteiger partial charge in [0.15, 0.2) is 0 Å². The maximum Gasteiger partial charge on any atom is 0.315 e. The van der Waals surface area contributed by atoms with E-state index in [1.54, 1.807) is 0 Å². The summed E-state index contributed by atoms with van der Waals surface area (Å²) in [6, 6.07) is -0.858. The fraction of sp³-hybridized carbons (Fsp3) is 0.786. The van der Waals surface area contributed by atoms with E-state index in [9.17, 15) is 19.5 Å². The lowest BCUT2D eigenvalue weighted by atomic mass is 9.95. The van der Waals surface area contributed by atoms with Crippen molar-refractivity contribution >= 4 is 17.9 Å². The van der Waals surface area contributed by atoms with Crippen molar-refractivity contribution in [2.24, 2.45) is 5.92 Å². The maximum absolute atomic E-state index is 11.8. The Bertz CT molecular complexity index is 373. The molecule has 0 aromatic carbocycles. The summed E-state index contributed by atoms with van der Waals surface area (Å²) < 4.78 is 0. The number of carboxylic acids is 1. The molecule has 0 aromatic heterocycles. The molecule has 120 valence electrons. The molecule has 0 radical (unpaired) electrons. The predicted octanol–water partition coefficient (Wildman–Crippen LogP) is 0.845. The number of nitrogens with one attached hydrogen (secondary N) is 3. The van der Waals surface area contributed by atoms with Crippen LogP contribution < -0.4 is 16.0 Å². The Balaban J connectivity index is 2.40. The first-order valence-corrected chi connectivity index (χ1v) is 7.58. The second-order valence-electron chi connectivity index (χ2n) is 5.37. The molecule has 0 heterocycles. The molecule has 0 bridgehead atoms. The van der Waals surface area contributed by atoms with Crippen LogP contribution in [-0.2, 0) is 9.59 Å². The molecular formula is C14H25N3O4. The minimum Gasteiger partial charge on any atom is -0.481 e. The van der Waals surface area contributed by atoms with Crippen molar-refractivity contribution in [1.29, 1.82) is 0 Å². The van der Waals surface area contributed by atoms with Crippen LogP contribution in [0.3, 0.4) is 0 Å². The molecule has 1 aliphatic carbocycles. The SMILES string of the molecule is CCCNC(=O)CNC(=O)NC1CCCCCC1C(=O)O. The Morgan fingerprint density at radius 1 is 1.10 bits per heavy atom.